The average molecular weight is 917 g/mol. The molecule has 2 atom stereocenters. The maximum atomic E-state index is 12.4. The predicted molar refractivity (Wildman–Crippen MR) is 283 cm³/mol. The van der Waals surface area contributed by atoms with Crippen molar-refractivity contribution in [2.24, 2.45) is 0 Å². The summed E-state index contributed by atoms with van der Waals surface area (Å²) in [7, 11) is 0. The van der Waals surface area contributed by atoms with Crippen LogP contribution in [0.4, 0.5) is 0 Å². The lowest BCUT2D eigenvalue weighted by Gasteiger charge is -2.22. The molecule has 0 aliphatic carbocycles. The summed E-state index contributed by atoms with van der Waals surface area (Å²) in [5, 5.41) is 23.1. The van der Waals surface area contributed by atoms with Crippen LogP contribution in [-0.4, -0.2) is 47.4 Å². The number of carbonyl (C=O) groups excluding carboxylic acids is 2. The van der Waals surface area contributed by atoms with Gasteiger partial charge in [-0.05, 0) is 77.0 Å². The fourth-order valence-electron chi connectivity index (χ4n) is 8.98. The van der Waals surface area contributed by atoms with Gasteiger partial charge in [-0.3, -0.25) is 9.59 Å². The van der Waals surface area contributed by atoms with Crippen molar-refractivity contribution in [3.05, 3.63) is 24.3 Å². The second-order valence-corrected chi connectivity index (χ2v) is 20.0. The molecule has 6 heteroatoms. The van der Waals surface area contributed by atoms with Gasteiger partial charge in [-0.15, -0.1) is 0 Å². The Hall–Kier alpha value is -1.66. The summed E-state index contributed by atoms with van der Waals surface area (Å²) in [4.78, 5) is 24.4. The number of aliphatic hydroxyl groups is 2. The van der Waals surface area contributed by atoms with Crippen LogP contribution in [0.2, 0.25) is 0 Å². The number of hydrogen-bond acceptors (Lipinski definition) is 5. The molecule has 3 N–H and O–H groups in total. The van der Waals surface area contributed by atoms with E-state index in [4.69, 9.17) is 4.74 Å². The fourth-order valence-corrected chi connectivity index (χ4v) is 8.98. The van der Waals surface area contributed by atoms with Crippen molar-refractivity contribution in [3.63, 3.8) is 0 Å². The summed E-state index contributed by atoms with van der Waals surface area (Å²) < 4.78 is 5.47. The first-order valence-corrected chi connectivity index (χ1v) is 29.1. The van der Waals surface area contributed by atoms with Gasteiger partial charge in [0.2, 0.25) is 5.91 Å². The number of esters is 1. The SMILES string of the molecule is CCCCCCC/C=C\CCCCCCCC(=O)OCCCCCCCCCCCCCC/C=C\CCCCCCCCCCC(=O)NC(CO)C(O)CCCCCCCCCCCC. The number of allylic oxidation sites excluding steroid dienone is 4. The van der Waals surface area contributed by atoms with Gasteiger partial charge in [0.25, 0.3) is 0 Å². The first kappa shape index (κ1) is 63.3. The molecular weight excluding hydrogens is 803 g/mol. The van der Waals surface area contributed by atoms with E-state index < -0.39 is 12.1 Å². The van der Waals surface area contributed by atoms with E-state index in [0.29, 0.717) is 25.9 Å². The van der Waals surface area contributed by atoms with Crippen molar-refractivity contribution in [1.82, 2.24) is 5.32 Å². The molecule has 0 aromatic heterocycles. The minimum Gasteiger partial charge on any atom is -0.466 e. The molecule has 0 bridgehead atoms. The molecule has 0 spiro atoms. The Labute approximate surface area is 405 Å². The van der Waals surface area contributed by atoms with Gasteiger partial charge in [0.05, 0.1) is 25.4 Å². The second kappa shape index (κ2) is 54.9. The molecule has 0 aromatic carbocycles. The molecule has 0 heterocycles. The van der Waals surface area contributed by atoms with Gasteiger partial charge >= 0.3 is 5.97 Å². The molecule has 0 saturated carbocycles. The van der Waals surface area contributed by atoms with Crippen LogP contribution >= 0.6 is 0 Å². The van der Waals surface area contributed by atoms with Gasteiger partial charge in [-0.2, -0.15) is 0 Å². The molecule has 6 nitrogen and oxygen atoms in total. The summed E-state index contributed by atoms with van der Waals surface area (Å²) in [5.74, 6) is -0.0369. The Morgan fingerprint density at radius 1 is 0.415 bits per heavy atom. The third-order valence-corrected chi connectivity index (χ3v) is 13.5. The summed E-state index contributed by atoms with van der Waals surface area (Å²) in [6, 6.07) is -0.542. The van der Waals surface area contributed by atoms with E-state index in [2.05, 4.69) is 43.5 Å². The highest BCUT2D eigenvalue weighted by Crippen LogP contribution is 2.17. The van der Waals surface area contributed by atoms with Crippen LogP contribution in [0.1, 0.15) is 316 Å². The molecular formula is C59H113NO5. The monoisotopic (exact) mass is 916 g/mol. The molecule has 0 aliphatic heterocycles. The Morgan fingerprint density at radius 3 is 1.09 bits per heavy atom. The molecule has 384 valence electrons. The zero-order valence-electron chi connectivity index (χ0n) is 43.7. The van der Waals surface area contributed by atoms with E-state index in [0.717, 1.165) is 44.9 Å². The molecule has 0 rings (SSSR count). The minimum absolute atomic E-state index is 0.00392. The molecule has 1 amide bonds. The second-order valence-electron chi connectivity index (χ2n) is 20.0. The van der Waals surface area contributed by atoms with Crippen LogP contribution in [0.5, 0.6) is 0 Å². The first-order chi connectivity index (χ1) is 32.0. The van der Waals surface area contributed by atoms with Crippen molar-refractivity contribution in [2.45, 2.75) is 328 Å². The highest BCUT2D eigenvalue weighted by molar-refractivity contribution is 5.76. The number of aliphatic hydroxyl groups excluding tert-OH is 2. The molecule has 65 heavy (non-hydrogen) atoms. The van der Waals surface area contributed by atoms with Crippen molar-refractivity contribution >= 4 is 11.9 Å². The van der Waals surface area contributed by atoms with Crippen molar-refractivity contribution < 1.29 is 24.5 Å². The minimum atomic E-state index is -0.665. The lowest BCUT2D eigenvalue weighted by atomic mass is 10.0. The largest absolute Gasteiger partial charge is 0.466 e. The summed E-state index contributed by atoms with van der Waals surface area (Å²) in [5.41, 5.74) is 0. The highest BCUT2D eigenvalue weighted by Gasteiger charge is 2.20. The van der Waals surface area contributed by atoms with Gasteiger partial charge < -0.3 is 20.3 Å². The van der Waals surface area contributed by atoms with Crippen molar-refractivity contribution in [1.29, 1.82) is 0 Å². The van der Waals surface area contributed by atoms with E-state index in [1.165, 1.54) is 238 Å². The van der Waals surface area contributed by atoms with Crippen LogP contribution in [0.15, 0.2) is 24.3 Å². The summed E-state index contributed by atoms with van der Waals surface area (Å²) in [6.45, 7) is 4.93. The Morgan fingerprint density at radius 2 is 0.723 bits per heavy atom. The predicted octanol–water partition coefficient (Wildman–Crippen LogP) is 17.9. The molecule has 0 fully saturated rings. The van der Waals surface area contributed by atoms with Crippen LogP contribution in [0.3, 0.4) is 0 Å². The van der Waals surface area contributed by atoms with Gasteiger partial charge in [0.1, 0.15) is 0 Å². The number of hydrogen-bond donors (Lipinski definition) is 3. The number of amides is 1. The lowest BCUT2D eigenvalue weighted by Crippen LogP contribution is -2.45. The third kappa shape index (κ3) is 51.6. The molecule has 0 aliphatic rings. The van der Waals surface area contributed by atoms with E-state index >= 15 is 0 Å². The van der Waals surface area contributed by atoms with Gasteiger partial charge in [-0.25, -0.2) is 0 Å². The van der Waals surface area contributed by atoms with E-state index in [-0.39, 0.29) is 18.5 Å². The number of ether oxygens (including phenoxy) is 1. The Balaban J connectivity index is 3.38. The zero-order chi connectivity index (χ0) is 47.2. The maximum absolute atomic E-state index is 12.4. The lowest BCUT2D eigenvalue weighted by molar-refractivity contribution is -0.143. The number of rotatable bonds is 54. The zero-order valence-corrected chi connectivity index (χ0v) is 43.7. The van der Waals surface area contributed by atoms with Crippen molar-refractivity contribution in [3.8, 4) is 0 Å². The van der Waals surface area contributed by atoms with Crippen molar-refractivity contribution in [2.75, 3.05) is 13.2 Å². The van der Waals surface area contributed by atoms with Crippen LogP contribution < -0.4 is 5.32 Å². The van der Waals surface area contributed by atoms with Gasteiger partial charge in [-0.1, -0.05) is 250 Å². The Kier molecular flexibility index (Phi) is 53.5. The fraction of sp³-hybridized carbons (Fsp3) is 0.898. The van der Waals surface area contributed by atoms with Gasteiger partial charge in [0.15, 0.2) is 0 Å². The first-order valence-electron chi connectivity index (χ1n) is 29.1. The van der Waals surface area contributed by atoms with Crippen LogP contribution in [0, 0.1) is 0 Å². The third-order valence-electron chi connectivity index (χ3n) is 13.5. The molecule has 0 saturated heterocycles. The highest BCUT2D eigenvalue weighted by atomic mass is 16.5. The van der Waals surface area contributed by atoms with Crippen LogP contribution in [0.25, 0.3) is 0 Å². The summed E-state index contributed by atoms with van der Waals surface area (Å²) in [6.07, 6.45) is 66.1. The number of unbranched alkanes of at least 4 members (excludes halogenated alkanes) is 39. The quantitative estimate of drug-likeness (QED) is 0.0321. The molecule has 0 aromatic rings. The van der Waals surface area contributed by atoms with E-state index in [1.807, 2.05) is 0 Å². The number of nitrogens with one attached hydrogen (secondary N) is 1. The normalized spacial score (nSPS) is 12.7. The van der Waals surface area contributed by atoms with Gasteiger partial charge in [0, 0.05) is 12.8 Å². The molecule has 0 radical (unpaired) electrons. The van der Waals surface area contributed by atoms with Crippen LogP contribution in [-0.2, 0) is 14.3 Å². The van der Waals surface area contributed by atoms with E-state index in [9.17, 15) is 19.8 Å². The average Bonchev–Trinajstić information content (AvgIpc) is 3.31. The molecule has 2 unspecified atom stereocenters. The maximum Gasteiger partial charge on any atom is 0.305 e. The van der Waals surface area contributed by atoms with E-state index in [1.54, 1.807) is 0 Å². The smallest absolute Gasteiger partial charge is 0.305 e. The topological polar surface area (TPSA) is 95.9 Å². The summed E-state index contributed by atoms with van der Waals surface area (Å²) >= 11 is 0. The standard InChI is InChI=1S/C59H113NO5/c1-3-5-7-9-11-13-15-16-30-33-37-41-45-49-53-59(64)65-54-50-46-42-38-34-31-28-26-24-22-20-18-17-19-21-23-25-27-29-32-36-40-44-48-52-58(63)60-56(55-61)57(62)51-47-43-39-35-14-12-10-8-6-4-2/h15-16,19,21,56-57,61-62H,3-14,17-18,20,22-55H2,1-2H3,(H,60,63)/b16-15-,21-19-. The number of carbonyl (C=O) groups is 2. The Bertz CT molecular complexity index is 1010.